The molecular weight excluding hydrogens is 716 g/mol. The van der Waals surface area contributed by atoms with Crippen LogP contribution in [0.1, 0.15) is 46.2 Å². The molecule has 4 aromatic carbocycles. The zero-order chi connectivity index (χ0) is 39.6. The first-order valence-corrected chi connectivity index (χ1v) is 18.0. The van der Waals surface area contributed by atoms with E-state index in [1.165, 1.54) is 9.80 Å². The molecule has 14 nitrogen and oxygen atoms in total. The molecule has 6 heterocycles. The molecule has 4 unspecified atom stereocenters. The molecule has 282 valence electrons. The van der Waals surface area contributed by atoms with Crippen molar-refractivity contribution >= 4 is 35.8 Å². The second kappa shape index (κ2) is 12.7. The molecule has 0 saturated carbocycles. The van der Waals surface area contributed by atoms with Gasteiger partial charge in [-0.3, -0.25) is 29.8 Å². The largest absolute Gasteiger partial charge is 0.465 e. The van der Waals surface area contributed by atoms with E-state index >= 15 is 9.59 Å². The minimum absolute atomic E-state index is 0.0530. The van der Waals surface area contributed by atoms with Gasteiger partial charge in [0.15, 0.2) is 11.1 Å². The van der Waals surface area contributed by atoms with E-state index in [1.54, 1.807) is 109 Å². The maximum atomic E-state index is 15.3. The Balaban J connectivity index is 1.42. The van der Waals surface area contributed by atoms with Crippen LogP contribution in [0.5, 0.6) is 0 Å². The van der Waals surface area contributed by atoms with Crippen molar-refractivity contribution in [1.82, 2.24) is 20.4 Å². The minimum Gasteiger partial charge on any atom is -0.465 e. The van der Waals surface area contributed by atoms with Crippen LogP contribution in [-0.4, -0.2) is 68.9 Å². The van der Waals surface area contributed by atoms with Crippen LogP contribution in [-0.2, 0) is 41.3 Å². The number of hydrogen-bond acceptors (Lipinski definition) is 6. The molecule has 4 bridgehead atoms. The van der Waals surface area contributed by atoms with Crippen molar-refractivity contribution in [2.24, 2.45) is 23.3 Å². The summed E-state index contributed by atoms with van der Waals surface area (Å²) >= 11 is 0. The molecule has 6 amide bonds. The highest BCUT2D eigenvalue weighted by atomic mass is 16.4. The van der Waals surface area contributed by atoms with E-state index in [0.717, 1.165) is 0 Å². The lowest BCUT2D eigenvalue weighted by molar-refractivity contribution is -0.143. The predicted octanol–water partition coefficient (Wildman–Crippen LogP) is 2.50. The van der Waals surface area contributed by atoms with Crippen molar-refractivity contribution in [2.75, 3.05) is 13.1 Å². The van der Waals surface area contributed by atoms with Gasteiger partial charge in [-0.1, -0.05) is 121 Å². The van der Waals surface area contributed by atoms with Gasteiger partial charge in [0.05, 0.1) is 11.8 Å². The van der Waals surface area contributed by atoms with Crippen LogP contribution >= 0.6 is 0 Å². The van der Waals surface area contributed by atoms with Crippen LogP contribution in [0, 0.1) is 23.7 Å². The number of carbonyl (C=O) groups excluding carboxylic acids is 4. The number of nitrogens with two attached hydrogens (primary N) is 2. The summed E-state index contributed by atoms with van der Waals surface area (Å²) in [5.74, 6) is 1.26. The Bertz CT molecular complexity index is 2220. The molecular formula is C42H36N6O8. The predicted molar refractivity (Wildman–Crippen MR) is 199 cm³/mol. The molecule has 0 radical (unpaired) electrons. The van der Waals surface area contributed by atoms with Gasteiger partial charge < -0.3 is 31.5 Å². The SMILES string of the molecule is NC(=O)C1CCN2C(=O)C(NC(=O)O)(c3ccccc3)c3ccc(cc3)C12C#C[C@]12c3ccc(cc3)[C@](NC(=O)O)(c3ccccc3)C(=O)N1CCC2C(N)=O. The highest BCUT2D eigenvalue weighted by Crippen LogP contribution is 2.52. The van der Waals surface area contributed by atoms with Crippen molar-refractivity contribution in [3.63, 3.8) is 0 Å². The second-order valence-corrected chi connectivity index (χ2v) is 14.4. The van der Waals surface area contributed by atoms with Crippen molar-refractivity contribution in [3.05, 3.63) is 143 Å². The highest BCUT2D eigenvalue weighted by molar-refractivity contribution is 5.99. The summed E-state index contributed by atoms with van der Waals surface area (Å²) in [5.41, 5.74) is 6.68. The summed E-state index contributed by atoms with van der Waals surface area (Å²) in [7, 11) is 0. The maximum absolute atomic E-state index is 15.3. The highest BCUT2D eigenvalue weighted by Gasteiger charge is 2.63. The number of nitrogens with one attached hydrogen (secondary N) is 2. The Morgan fingerprint density at radius 2 is 0.839 bits per heavy atom. The van der Waals surface area contributed by atoms with Crippen LogP contribution in [0.15, 0.2) is 109 Å². The van der Waals surface area contributed by atoms with Crippen LogP contribution < -0.4 is 22.1 Å². The van der Waals surface area contributed by atoms with Crippen molar-refractivity contribution in [1.29, 1.82) is 0 Å². The summed E-state index contributed by atoms with van der Waals surface area (Å²) in [4.78, 5) is 85.6. The Morgan fingerprint density at radius 3 is 1.14 bits per heavy atom. The van der Waals surface area contributed by atoms with Crippen LogP contribution in [0.2, 0.25) is 0 Å². The van der Waals surface area contributed by atoms with Crippen LogP contribution in [0.25, 0.3) is 0 Å². The van der Waals surface area contributed by atoms with Gasteiger partial charge in [0, 0.05) is 13.1 Å². The minimum atomic E-state index is -1.98. The van der Waals surface area contributed by atoms with Gasteiger partial charge in [-0.25, -0.2) is 9.59 Å². The molecule has 56 heavy (non-hydrogen) atoms. The third-order valence-electron chi connectivity index (χ3n) is 11.9. The first-order valence-electron chi connectivity index (χ1n) is 18.0. The van der Waals surface area contributed by atoms with Gasteiger partial charge in [0.25, 0.3) is 11.8 Å². The molecule has 14 heteroatoms. The fourth-order valence-electron chi connectivity index (χ4n) is 9.51. The number of carbonyl (C=O) groups is 6. The monoisotopic (exact) mass is 752 g/mol. The van der Waals surface area contributed by atoms with E-state index in [1.807, 2.05) is 0 Å². The number of benzene rings is 4. The van der Waals surface area contributed by atoms with Crippen LogP contribution in [0.4, 0.5) is 9.59 Å². The quantitative estimate of drug-likeness (QED) is 0.160. The molecule has 6 aliphatic rings. The zero-order valence-corrected chi connectivity index (χ0v) is 29.8. The lowest BCUT2D eigenvalue weighted by atomic mass is 9.70. The smallest absolute Gasteiger partial charge is 0.406 e. The molecule has 4 aromatic rings. The third-order valence-corrected chi connectivity index (χ3v) is 11.9. The number of fused-ring (bicyclic) bond motifs is 6. The molecule has 0 spiro atoms. The number of carboxylic acid groups (broad SMARTS) is 2. The fourth-order valence-corrected chi connectivity index (χ4v) is 9.51. The van der Waals surface area contributed by atoms with Crippen molar-refractivity contribution in [3.8, 4) is 11.8 Å². The molecule has 2 fully saturated rings. The van der Waals surface area contributed by atoms with E-state index in [2.05, 4.69) is 22.5 Å². The summed E-state index contributed by atoms with van der Waals surface area (Å²) < 4.78 is 0. The molecule has 10 rings (SSSR count). The molecule has 0 aromatic heterocycles. The van der Waals surface area contributed by atoms with E-state index in [0.29, 0.717) is 33.4 Å². The first-order chi connectivity index (χ1) is 26.8. The number of hydrogen-bond donors (Lipinski definition) is 6. The number of amides is 6. The van der Waals surface area contributed by atoms with Gasteiger partial charge in [-0.2, -0.15) is 0 Å². The fraction of sp³-hybridized carbons (Fsp3) is 0.238. The van der Waals surface area contributed by atoms with E-state index in [4.69, 9.17) is 11.5 Å². The van der Waals surface area contributed by atoms with E-state index in [-0.39, 0.29) is 25.9 Å². The molecule has 2 saturated heterocycles. The molecule has 6 atom stereocenters. The van der Waals surface area contributed by atoms with E-state index in [9.17, 15) is 29.4 Å². The van der Waals surface area contributed by atoms with Crippen molar-refractivity contribution < 1.29 is 39.0 Å². The van der Waals surface area contributed by atoms with Gasteiger partial charge in [-0.15, -0.1) is 0 Å². The Morgan fingerprint density at radius 1 is 0.536 bits per heavy atom. The second-order valence-electron chi connectivity index (χ2n) is 14.4. The zero-order valence-electron chi connectivity index (χ0n) is 29.8. The van der Waals surface area contributed by atoms with Gasteiger partial charge in [-0.05, 0) is 46.2 Å². The summed E-state index contributed by atoms with van der Waals surface area (Å²) in [5, 5.41) is 25.4. The topological polar surface area (TPSA) is 225 Å². The lowest BCUT2D eigenvalue weighted by Gasteiger charge is -2.47. The Kier molecular flexibility index (Phi) is 8.15. The van der Waals surface area contributed by atoms with Gasteiger partial charge in [0.1, 0.15) is 11.1 Å². The lowest BCUT2D eigenvalue weighted by Crippen LogP contribution is -2.64. The Labute approximate surface area is 320 Å². The summed E-state index contributed by atoms with van der Waals surface area (Å²) in [6.07, 6.45) is -2.85. The van der Waals surface area contributed by atoms with Crippen molar-refractivity contribution in [2.45, 2.75) is 35.0 Å². The van der Waals surface area contributed by atoms with Gasteiger partial charge in [0.2, 0.25) is 11.8 Å². The maximum Gasteiger partial charge on any atom is 0.406 e. The van der Waals surface area contributed by atoms with Crippen LogP contribution in [0.3, 0.4) is 0 Å². The third kappa shape index (κ3) is 4.76. The summed E-state index contributed by atoms with van der Waals surface area (Å²) in [6, 6.07) is 29.7. The number of primary amides is 2. The standard InChI is InChI=1S/C42H36N6O8/c43-33(49)31-19-23-47-35(51)41(45-37(53)54,27-7-3-1-4-8-27)29-15-11-25(12-16-29)39(31,47)21-22-40-26-13-17-30(18-14-26)42(46-38(55)56,28-9-5-2-6-10-28)36(52)48(40)24-20-32(40)34(44)50/h1-18,31-32,45-46H,19-20,23-24H2,(H2,43,49)(H2,44,50)(H,53,54)(H,55,56)/t31?,32?,39-,40?,41-,42?/m1/s1. The average Bonchev–Trinajstić information content (AvgIpc) is 3.78. The van der Waals surface area contributed by atoms with Gasteiger partial charge >= 0.3 is 12.2 Å². The molecule has 8 N–H and O–H groups in total. The number of nitrogens with zero attached hydrogens (tertiary/aromatic N) is 2. The normalized spacial score (nSPS) is 28.4. The molecule has 6 aliphatic heterocycles. The number of rotatable bonds is 6. The first kappa shape index (κ1) is 35.9. The average molecular weight is 753 g/mol. The van der Waals surface area contributed by atoms with E-state index < -0.39 is 69.8 Å². The summed E-state index contributed by atoms with van der Waals surface area (Å²) in [6.45, 7) is -0.114. The molecule has 0 aliphatic carbocycles. The Hall–Kier alpha value is -7.14.